The van der Waals surface area contributed by atoms with Crippen molar-refractivity contribution in [2.45, 2.75) is 24.2 Å². The first-order chi connectivity index (χ1) is 15.3. The van der Waals surface area contributed by atoms with Crippen LogP contribution < -0.4 is 5.32 Å². The smallest absolute Gasteiger partial charge is 0.243 e. The lowest BCUT2D eigenvalue weighted by molar-refractivity contribution is -0.140. The molecule has 172 valence electrons. The van der Waals surface area contributed by atoms with E-state index in [0.717, 1.165) is 4.90 Å². The Bertz CT molecular complexity index is 1040. The van der Waals surface area contributed by atoms with Crippen LogP contribution in [0.25, 0.3) is 0 Å². The van der Waals surface area contributed by atoms with Crippen LogP contribution >= 0.6 is 0 Å². The highest BCUT2D eigenvalue weighted by Crippen LogP contribution is 2.35. The monoisotopic (exact) mass is 463 g/mol. The molecule has 3 aliphatic rings. The Morgan fingerprint density at radius 3 is 2.34 bits per heavy atom. The number of nitrogens with zero attached hydrogens (tertiary/aromatic N) is 2. The molecule has 1 aliphatic carbocycles. The summed E-state index contributed by atoms with van der Waals surface area (Å²) >= 11 is 0. The zero-order valence-electron chi connectivity index (χ0n) is 17.4. The maximum atomic E-state index is 12.8. The first-order valence-electron chi connectivity index (χ1n) is 10.5. The van der Waals surface area contributed by atoms with Gasteiger partial charge in [-0.25, -0.2) is 8.42 Å². The topological polar surface area (TPSA) is 133 Å². The number of hydrogen-bond acceptors (Lipinski definition) is 7. The second-order valence-corrected chi connectivity index (χ2v) is 9.92. The van der Waals surface area contributed by atoms with Gasteiger partial charge in [0.1, 0.15) is 5.75 Å². The fourth-order valence-corrected chi connectivity index (χ4v) is 5.66. The minimum Gasteiger partial charge on any atom is -0.506 e. The van der Waals surface area contributed by atoms with Gasteiger partial charge < -0.3 is 15.2 Å². The Balaban J connectivity index is 1.41. The van der Waals surface area contributed by atoms with Gasteiger partial charge in [0.15, 0.2) is 0 Å². The number of allylic oxidation sites excluding steroid dienone is 2. The zero-order chi connectivity index (χ0) is 22.9. The molecule has 2 atom stereocenters. The summed E-state index contributed by atoms with van der Waals surface area (Å²) in [5.74, 6) is -2.08. The number of likely N-dealkylation sites (tertiary alicyclic amines) is 1. The van der Waals surface area contributed by atoms with Crippen LogP contribution in [0.3, 0.4) is 0 Å². The lowest BCUT2D eigenvalue weighted by Gasteiger charge is -2.26. The van der Waals surface area contributed by atoms with Gasteiger partial charge in [-0.05, 0) is 31.0 Å². The van der Waals surface area contributed by atoms with Crippen molar-refractivity contribution in [3.63, 3.8) is 0 Å². The number of aromatic hydroxyl groups is 1. The molecule has 0 saturated carbocycles. The van der Waals surface area contributed by atoms with E-state index in [1.165, 1.54) is 22.5 Å². The van der Waals surface area contributed by atoms with Crippen molar-refractivity contribution >= 4 is 33.4 Å². The van der Waals surface area contributed by atoms with Gasteiger partial charge in [-0.2, -0.15) is 4.31 Å². The highest BCUT2D eigenvalue weighted by atomic mass is 32.2. The average molecular weight is 464 g/mol. The molecule has 11 heteroatoms. The van der Waals surface area contributed by atoms with E-state index < -0.39 is 15.9 Å². The number of imide groups is 1. The number of rotatable bonds is 6. The molecule has 0 bridgehead atoms. The molecule has 2 saturated heterocycles. The Kier molecular flexibility index (Phi) is 6.31. The predicted molar refractivity (Wildman–Crippen MR) is 113 cm³/mol. The van der Waals surface area contributed by atoms with E-state index in [1.54, 1.807) is 0 Å². The van der Waals surface area contributed by atoms with Gasteiger partial charge in [0, 0.05) is 26.1 Å². The maximum absolute atomic E-state index is 12.8. The average Bonchev–Trinajstić information content (AvgIpc) is 3.04. The molecule has 0 aromatic heterocycles. The first kappa shape index (κ1) is 22.4. The minimum absolute atomic E-state index is 0.0544. The molecule has 1 aromatic rings. The Labute approximate surface area is 185 Å². The van der Waals surface area contributed by atoms with E-state index in [0.29, 0.717) is 26.1 Å². The summed E-state index contributed by atoms with van der Waals surface area (Å²) < 4.78 is 32.1. The number of fused-ring (bicyclic) bond motifs is 1. The van der Waals surface area contributed by atoms with Gasteiger partial charge in [-0.1, -0.05) is 12.2 Å². The summed E-state index contributed by atoms with van der Waals surface area (Å²) in [5.41, 5.74) is -0.0544. The molecule has 2 N–H and O–H groups in total. The fourth-order valence-electron chi connectivity index (χ4n) is 4.23. The molecule has 2 fully saturated rings. The molecule has 4 rings (SSSR count). The van der Waals surface area contributed by atoms with Crippen molar-refractivity contribution in [3.05, 3.63) is 30.4 Å². The van der Waals surface area contributed by atoms with Crippen LogP contribution in [0.1, 0.15) is 19.3 Å². The Morgan fingerprint density at radius 2 is 1.72 bits per heavy atom. The highest BCUT2D eigenvalue weighted by Gasteiger charge is 2.46. The third-order valence-electron chi connectivity index (χ3n) is 6.01. The number of carbonyl (C=O) groups is 3. The standard InChI is InChI=1S/C21H25N3O7S/c25-18-6-5-14(32(29,30)23-9-11-31-12-10-23)13-17(18)22-19(26)7-8-24-20(27)15-3-1-2-4-16(15)21(24)28/h1-2,5-6,13,15-16,25H,3-4,7-12H2,(H,22,26)/t15-,16+. The fraction of sp³-hybridized carbons (Fsp3) is 0.476. The Morgan fingerprint density at radius 1 is 1.09 bits per heavy atom. The van der Waals surface area contributed by atoms with Gasteiger partial charge in [-0.3, -0.25) is 19.3 Å². The van der Waals surface area contributed by atoms with Crippen molar-refractivity contribution in [1.29, 1.82) is 0 Å². The van der Waals surface area contributed by atoms with Crippen LogP contribution in [0.4, 0.5) is 5.69 Å². The number of anilines is 1. The van der Waals surface area contributed by atoms with E-state index in [2.05, 4.69) is 5.32 Å². The molecular weight excluding hydrogens is 438 g/mol. The SMILES string of the molecule is O=C(CCN1C(=O)[C@H]2CC=CC[C@H]2C1=O)Nc1cc(S(=O)(=O)N2CCOCC2)ccc1O. The number of phenols is 1. The summed E-state index contributed by atoms with van der Waals surface area (Å²) in [6.07, 6.45) is 4.67. The summed E-state index contributed by atoms with van der Waals surface area (Å²) in [7, 11) is -3.80. The zero-order valence-corrected chi connectivity index (χ0v) is 18.2. The lowest BCUT2D eigenvalue weighted by atomic mass is 9.85. The normalized spacial score (nSPS) is 23.9. The minimum atomic E-state index is -3.80. The second kappa shape index (κ2) is 9.00. The van der Waals surface area contributed by atoms with Gasteiger partial charge in [-0.15, -0.1) is 0 Å². The van der Waals surface area contributed by atoms with Crippen LogP contribution in [-0.2, 0) is 29.1 Å². The van der Waals surface area contributed by atoms with E-state index in [-0.39, 0.29) is 66.0 Å². The van der Waals surface area contributed by atoms with Gasteiger partial charge >= 0.3 is 0 Å². The highest BCUT2D eigenvalue weighted by molar-refractivity contribution is 7.89. The van der Waals surface area contributed by atoms with Crippen LogP contribution in [0.5, 0.6) is 5.75 Å². The van der Waals surface area contributed by atoms with Crippen molar-refractivity contribution in [2.24, 2.45) is 11.8 Å². The molecule has 0 radical (unpaired) electrons. The summed E-state index contributed by atoms with van der Waals surface area (Å²) in [6.45, 7) is 0.975. The van der Waals surface area contributed by atoms with Crippen LogP contribution in [-0.4, -0.2) is 73.3 Å². The third-order valence-corrected chi connectivity index (χ3v) is 7.91. The molecule has 32 heavy (non-hydrogen) atoms. The number of morpholine rings is 1. The third kappa shape index (κ3) is 4.27. The van der Waals surface area contributed by atoms with Crippen molar-refractivity contribution in [2.75, 3.05) is 38.2 Å². The maximum Gasteiger partial charge on any atom is 0.243 e. The largest absolute Gasteiger partial charge is 0.506 e. The van der Waals surface area contributed by atoms with E-state index >= 15 is 0 Å². The summed E-state index contributed by atoms with van der Waals surface area (Å²) in [5, 5.41) is 12.6. The lowest BCUT2D eigenvalue weighted by Crippen LogP contribution is -2.40. The summed E-state index contributed by atoms with van der Waals surface area (Å²) in [6, 6.07) is 3.67. The number of hydrogen-bond donors (Lipinski definition) is 2. The van der Waals surface area contributed by atoms with Gasteiger partial charge in [0.05, 0.1) is 35.6 Å². The number of sulfonamides is 1. The molecule has 2 aliphatic heterocycles. The number of benzene rings is 1. The van der Waals surface area contributed by atoms with Crippen LogP contribution in [0.2, 0.25) is 0 Å². The van der Waals surface area contributed by atoms with Crippen molar-refractivity contribution in [1.82, 2.24) is 9.21 Å². The second-order valence-electron chi connectivity index (χ2n) is 7.98. The molecule has 3 amide bonds. The van der Waals surface area contributed by atoms with Crippen LogP contribution in [0.15, 0.2) is 35.2 Å². The number of amides is 3. The molecule has 0 spiro atoms. The summed E-state index contributed by atoms with van der Waals surface area (Å²) in [4.78, 5) is 38.5. The van der Waals surface area contributed by atoms with E-state index in [4.69, 9.17) is 4.74 Å². The van der Waals surface area contributed by atoms with Gasteiger partial charge in [0.25, 0.3) is 0 Å². The number of phenolic OH excluding ortho intramolecular Hbond substituents is 1. The van der Waals surface area contributed by atoms with Gasteiger partial charge in [0.2, 0.25) is 27.7 Å². The van der Waals surface area contributed by atoms with E-state index in [1.807, 2.05) is 12.2 Å². The predicted octanol–water partition coefficient (Wildman–Crippen LogP) is 0.693. The quantitative estimate of drug-likeness (QED) is 0.360. The first-order valence-corrected chi connectivity index (χ1v) is 11.9. The molecule has 10 nitrogen and oxygen atoms in total. The molecule has 1 aromatic carbocycles. The number of nitrogens with one attached hydrogen (secondary N) is 1. The molecule has 0 unspecified atom stereocenters. The van der Waals surface area contributed by atoms with Crippen molar-refractivity contribution in [3.8, 4) is 5.75 Å². The number of ether oxygens (including phenoxy) is 1. The van der Waals surface area contributed by atoms with Crippen LogP contribution in [0, 0.1) is 11.8 Å². The Hall–Kier alpha value is -2.76. The van der Waals surface area contributed by atoms with Crippen molar-refractivity contribution < 1.29 is 32.6 Å². The molecular formula is C21H25N3O7S. The number of carbonyl (C=O) groups excluding carboxylic acids is 3. The van der Waals surface area contributed by atoms with E-state index in [9.17, 15) is 27.9 Å². The molecule has 2 heterocycles.